The molecule has 18 heavy (non-hydrogen) atoms. The van der Waals surface area contributed by atoms with Crippen molar-refractivity contribution in [3.8, 4) is 0 Å². The van der Waals surface area contributed by atoms with Crippen molar-refractivity contribution < 1.29 is 9.59 Å². The van der Waals surface area contributed by atoms with Crippen LogP contribution < -0.4 is 5.32 Å². The molecular weight excluding hydrogens is 228 g/mol. The van der Waals surface area contributed by atoms with Gasteiger partial charge in [0.2, 0.25) is 11.8 Å². The molecule has 0 aromatic carbocycles. The van der Waals surface area contributed by atoms with Crippen LogP contribution in [0, 0.1) is 5.41 Å². The van der Waals surface area contributed by atoms with Crippen LogP contribution in [0.25, 0.3) is 0 Å². The number of amides is 2. The Kier molecular flexibility index (Phi) is 3.39. The van der Waals surface area contributed by atoms with Crippen LogP contribution in [-0.4, -0.2) is 35.3 Å². The number of carbonyl (C=O) groups excluding carboxylic acids is 2. The van der Waals surface area contributed by atoms with Crippen molar-refractivity contribution in [1.82, 2.24) is 10.2 Å². The maximum absolute atomic E-state index is 12.3. The normalized spacial score (nSPS) is 26.3. The van der Waals surface area contributed by atoms with E-state index < -0.39 is 5.54 Å². The van der Waals surface area contributed by atoms with E-state index in [-0.39, 0.29) is 23.8 Å². The fourth-order valence-corrected chi connectivity index (χ4v) is 3.36. The summed E-state index contributed by atoms with van der Waals surface area (Å²) in [6.45, 7) is 6.74. The monoisotopic (exact) mass is 252 g/mol. The molecule has 0 bridgehead atoms. The van der Waals surface area contributed by atoms with Crippen LogP contribution in [-0.2, 0) is 9.59 Å². The van der Waals surface area contributed by atoms with Crippen LogP contribution in [0.2, 0.25) is 0 Å². The van der Waals surface area contributed by atoms with E-state index in [9.17, 15) is 9.59 Å². The lowest BCUT2D eigenvalue weighted by molar-refractivity contribution is -0.150. The van der Waals surface area contributed by atoms with Crippen molar-refractivity contribution in [3.05, 3.63) is 0 Å². The molecule has 0 spiro atoms. The zero-order valence-electron chi connectivity index (χ0n) is 11.7. The highest BCUT2D eigenvalue weighted by Gasteiger charge is 2.43. The average molecular weight is 252 g/mol. The number of piperazine rings is 1. The topological polar surface area (TPSA) is 49.4 Å². The van der Waals surface area contributed by atoms with E-state index in [2.05, 4.69) is 12.2 Å². The van der Waals surface area contributed by atoms with E-state index in [1.54, 1.807) is 18.7 Å². The first kappa shape index (κ1) is 13.4. The quantitative estimate of drug-likeness (QED) is 0.831. The van der Waals surface area contributed by atoms with Gasteiger partial charge >= 0.3 is 0 Å². The number of rotatable bonds is 3. The summed E-state index contributed by atoms with van der Waals surface area (Å²) in [5.41, 5.74) is -0.494. The molecule has 102 valence electrons. The average Bonchev–Trinajstić information content (AvgIpc) is 2.74. The van der Waals surface area contributed by atoms with E-state index >= 15 is 0 Å². The second-order valence-corrected chi connectivity index (χ2v) is 6.40. The molecule has 1 heterocycles. The number of nitrogens with one attached hydrogen (secondary N) is 1. The molecule has 0 radical (unpaired) electrons. The first-order valence-electron chi connectivity index (χ1n) is 6.99. The van der Waals surface area contributed by atoms with Gasteiger partial charge in [0, 0.05) is 6.54 Å². The van der Waals surface area contributed by atoms with Crippen molar-refractivity contribution in [2.45, 2.75) is 58.4 Å². The van der Waals surface area contributed by atoms with E-state index in [4.69, 9.17) is 0 Å². The SMILES string of the molecule is CCC1(CN2CC(=O)NC(C)(C)C2=O)CCCC1. The molecular formula is C14H24N2O2. The molecule has 1 N–H and O–H groups in total. The molecule has 1 saturated carbocycles. The fraction of sp³-hybridized carbons (Fsp3) is 0.857. The summed E-state index contributed by atoms with van der Waals surface area (Å²) < 4.78 is 0. The maximum atomic E-state index is 12.3. The van der Waals surface area contributed by atoms with Crippen molar-refractivity contribution >= 4 is 11.8 Å². The molecule has 0 aromatic rings. The molecule has 4 nitrogen and oxygen atoms in total. The van der Waals surface area contributed by atoms with Crippen molar-refractivity contribution in [1.29, 1.82) is 0 Å². The standard InChI is InChI=1S/C14H24N2O2/c1-4-14(7-5-6-8-14)10-16-9-11(17)15-13(2,3)12(16)18/h4-10H2,1-3H3,(H,15,17). The first-order chi connectivity index (χ1) is 8.38. The predicted octanol–water partition coefficient (Wildman–Crippen LogP) is 1.69. The van der Waals surface area contributed by atoms with Gasteiger partial charge in [-0.05, 0) is 38.5 Å². The van der Waals surface area contributed by atoms with Crippen molar-refractivity contribution in [2.75, 3.05) is 13.1 Å². The molecule has 2 rings (SSSR count). The zero-order valence-corrected chi connectivity index (χ0v) is 11.7. The summed E-state index contributed by atoms with van der Waals surface area (Å²) in [5, 5.41) is 2.76. The third kappa shape index (κ3) is 2.38. The summed E-state index contributed by atoms with van der Waals surface area (Å²) in [4.78, 5) is 25.8. The second kappa shape index (κ2) is 4.56. The Morgan fingerprint density at radius 2 is 1.83 bits per heavy atom. The first-order valence-corrected chi connectivity index (χ1v) is 6.99. The Morgan fingerprint density at radius 1 is 1.22 bits per heavy atom. The van der Waals surface area contributed by atoms with E-state index in [0.717, 1.165) is 13.0 Å². The van der Waals surface area contributed by atoms with Gasteiger partial charge in [-0.15, -0.1) is 0 Å². The molecule has 2 fully saturated rings. The minimum Gasteiger partial charge on any atom is -0.341 e. The van der Waals surface area contributed by atoms with Crippen LogP contribution >= 0.6 is 0 Å². The minimum atomic E-state index is -0.747. The van der Waals surface area contributed by atoms with Crippen LogP contribution in [0.4, 0.5) is 0 Å². The van der Waals surface area contributed by atoms with Gasteiger partial charge in [-0.25, -0.2) is 0 Å². The van der Waals surface area contributed by atoms with E-state index in [1.807, 2.05) is 0 Å². The lowest BCUT2D eigenvalue weighted by Crippen LogP contribution is -2.64. The van der Waals surface area contributed by atoms with Gasteiger partial charge in [-0.3, -0.25) is 9.59 Å². The Bertz CT molecular complexity index is 357. The molecule has 1 aliphatic carbocycles. The van der Waals surface area contributed by atoms with Crippen LogP contribution in [0.15, 0.2) is 0 Å². The van der Waals surface area contributed by atoms with Crippen LogP contribution in [0.3, 0.4) is 0 Å². The lowest BCUT2D eigenvalue weighted by Gasteiger charge is -2.42. The minimum absolute atomic E-state index is 0.0381. The molecule has 0 atom stereocenters. The molecule has 0 unspecified atom stereocenters. The molecule has 2 aliphatic rings. The molecule has 4 heteroatoms. The van der Waals surface area contributed by atoms with Gasteiger partial charge in [-0.2, -0.15) is 0 Å². The highest BCUT2D eigenvalue weighted by molar-refractivity contribution is 5.97. The Hall–Kier alpha value is -1.06. The van der Waals surface area contributed by atoms with Gasteiger partial charge in [-0.1, -0.05) is 19.8 Å². The van der Waals surface area contributed by atoms with Crippen molar-refractivity contribution in [2.24, 2.45) is 5.41 Å². The number of carbonyl (C=O) groups is 2. The van der Waals surface area contributed by atoms with Gasteiger partial charge in [0.25, 0.3) is 0 Å². The summed E-state index contributed by atoms with van der Waals surface area (Å²) >= 11 is 0. The second-order valence-electron chi connectivity index (χ2n) is 6.40. The van der Waals surface area contributed by atoms with Crippen LogP contribution in [0.5, 0.6) is 0 Å². The predicted molar refractivity (Wildman–Crippen MR) is 70.0 cm³/mol. The largest absolute Gasteiger partial charge is 0.341 e. The maximum Gasteiger partial charge on any atom is 0.248 e. The molecule has 1 saturated heterocycles. The fourth-order valence-electron chi connectivity index (χ4n) is 3.36. The highest BCUT2D eigenvalue weighted by Crippen LogP contribution is 2.42. The number of nitrogens with zero attached hydrogens (tertiary/aromatic N) is 1. The van der Waals surface area contributed by atoms with E-state index in [0.29, 0.717) is 0 Å². The Labute approximate surface area is 109 Å². The van der Waals surface area contributed by atoms with Gasteiger partial charge in [0.05, 0.1) is 6.54 Å². The molecule has 1 aliphatic heterocycles. The number of hydrogen-bond donors (Lipinski definition) is 1. The lowest BCUT2D eigenvalue weighted by atomic mass is 9.82. The number of hydrogen-bond acceptors (Lipinski definition) is 2. The van der Waals surface area contributed by atoms with E-state index in [1.165, 1.54) is 25.7 Å². The summed E-state index contributed by atoms with van der Waals surface area (Å²) in [5.74, 6) is 0.0191. The van der Waals surface area contributed by atoms with Crippen LogP contribution in [0.1, 0.15) is 52.9 Å². The summed E-state index contributed by atoms with van der Waals surface area (Å²) in [6, 6.07) is 0. The highest BCUT2D eigenvalue weighted by atomic mass is 16.2. The Balaban J connectivity index is 2.12. The Morgan fingerprint density at radius 3 is 2.39 bits per heavy atom. The zero-order chi connectivity index (χ0) is 13.4. The third-order valence-electron chi connectivity index (χ3n) is 4.55. The van der Waals surface area contributed by atoms with Gasteiger partial charge in [0.1, 0.15) is 5.54 Å². The molecule has 2 amide bonds. The van der Waals surface area contributed by atoms with Gasteiger partial charge in [0.15, 0.2) is 0 Å². The smallest absolute Gasteiger partial charge is 0.248 e. The molecule has 0 aromatic heterocycles. The van der Waals surface area contributed by atoms with Crippen molar-refractivity contribution in [3.63, 3.8) is 0 Å². The summed E-state index contributed by atoms with van der Waals surface area (Å²) in [6.07, 6.45) is 5.99. The summed E-state index contributed by atoms with van der Waals surface area (Å²) in [7, 11) is 0. The van der Waals surface area contributed by atoms with Gasteiger partial charge < -0.3 is 10.2 Å². The third-order valence-corrected chi connectivity index (χ3v) is 4.55.